The van der Waals surface area contributed by atoms with Crippen molar-refractivity contribution in [3.63, 3.8) is 0 Å². The van der Waals surface area contributed by atoms with E-state index in [1.807, 2.05) is 54.6 Å². The molecule has 0 amide bonds. The Labute approximate surface area is 193 Å². The lowest BCUT2D eigenvalue weighted by Crippen LogP contribution is -2.36. The Kier molecular flexibility index (Phi) is 5.94. The van der Waals surface area contributed by atoms with Gasteiger partial charge in [-0.3, -0.25) is 0 Å². The van der Waals surface area contributed by atoms with Crippen molar-refractivity contribution in [2.24, 2.45) is 5.73 Å². The van der Waals surface area contributed by atoms with Gasteiger partial charge in [-0.25, -0.2) is 0 Å². The van der Waals surface area contributed by atoms with Gasteiger partial charge >= 0.3 is 0 Å². The number of ether oxygens (including phenoxy) is 4. The molecule has 0 aromatic heterocycles. The quantitative estimate of drug-likeness (QED) is 0.576. The second-order valence-corrected chi connectivity index (χ2v) is 8.32. The van der Waals surface area contributed by atoms with Gasteiger partial charge in [0.15, 0.2) is 23.0 Å². The molecule has 3 N–H and O–H groups in total. The molecule has 6 heteroatoms. The van der Waals surface area contributed by atoms with Crippen molar-refractivity contribution in [3.8, 4) is 23.0 Å². The molecule has 0 spiro atoms. The predicted octanol–water partition coefficient (Wildman–Crippen LogP) is 4.67. The Bertz CT molecular complexity index is 1180. The Morgan fingerprint density at radius 1 is 1.03 bits per heavy atom. The highest BCUT2D eigenvalue weighted by molar-refractivity contribution is 5.62. The van der Waals surface area contributed by atoms with Gasteiger partial charge in [0.25, 0.3) is 0 Å². The van der Waals surface area contributed by atoms with Crippen molar-refractivity contribution in [1.82, 2.24) is 5.32 Å². The van der Waals surface area contributed by atoms with Gasteiger partial charge in [-0.05, 0) is 59.0 Å². The van der Waals surface area contributed by atoms with Crippen LogP contribution in [-0.4, -0.2) is 20.4 Å². The van der Waals surface area contributed by atoms with E-state index in [2.05, 4.69) is 24.4 Å². The van der Waals surface area contributed by atoms with Gasteiger partial charge in [0.2, 0.25) is 6.79 Å². The first-order valence-electron chi connectivity index (χ1n) is 11.1. The van der Waals surface area contributed by atoms with Crippen LogP contribution in [0.5, 0.6) is 23.0 Å². The second kappa shape index (κ2) is 9.17. The molecule has 0 saturated carbocycles. The molecule has 2 aliphatic rings. The van der Waals surface area contributed by atoms with E-state index in [4.69, 9.17) is 24.7 Å². The van der Waals surface area contributed by atoms with Crippen LogP contribution in [0.15, 0.2) is 60.7 Å². The summed E-state index contributed by atoms with van der Waals surface area (Å²) in [6.07, 6.45) is 4.26. The Hall–Kier alpha value is -3.48. The molecule has 0 aliphatic carbocycles. The number of nitrogens with one attached hydrogen (secondary N) is 1. The van der Waals surface area contributed by atoms with Crippen molar-refractivity contribution in [2.45, 2.75) is 25.6 Å². The van der Waals surface area contributed by atoms with Gasteiger partial charge in [0.05, 0.1) is 13.2 Å². The van der Waals surface area contributed by atoms with E-state index in [1.54, 1.807) is 7.11 Å². The van der Waals surface area contributed by atoms with Crippen molar-refractivity contribution >= 4 is 6.08 Å². The highest BCUT2D eigenvalue weighted by Gasteiger charge is 2.26. The fourth-order valence-corrected chi connectivity index (χ4v) is 4.27. The van der Waals surface area contributed by atoms with Crippen LogP contribution in [-0.2, 0) is 6.61 Å². The third-order valence-corrected chi connectivity index (χ3v) is 6.13. The summed E-state index contributed by atoms with van der Waals surface area (Å²) in [6, 6.07) is 18.0. The van der Waals surface area contributed by atoms with Gasteiger partial charge in [-0.2, -0.15) is 0 Å². The lowest BCUT2D eigenvalue weighted by Gasteiger charge is -2.30. The van der Waals surface area contributed by atoms with Crippen molar-refractivity contribution < 1.29 is 18.9 Å². The molecule has 2 unspecified atom stereocenters. The fraction of sp³-hybridized carbons (Fsp3) is 0.259. The van der Waals surface area contributed by atoms with E-state index in [-0.39, 0.29) is 18.9 Å². The average Bonchev–Trinajstić information content (AvgIpc) is 3.29. The Morgan fingerprint density at radius 3 is 2.58 bits per heavy atom. The molecular formula is C27H28N2O4. The molecule has 0 bridgehead atoms. The number of hydrogen-bond donors (Lipinski definition) is 2. The van der Waals surface area contributed by atoms with Crippen LogP contribution in [0.4, 0.5) is 0 Å². The van der Waals surface area contributed by atoms with Gasteiger partial charge in [0, 0.05) is 12.6 Å². The van der Waals surface area contributed by atoms with Crippen LogP contribution >= 0.6 is 0 Å². The summed E-state index contributed by atoms with van der Waals surface area (Å²) in [7, 11) is 1.66. The van der Waals surface area contributed by atoms with Crippen molar-refractivity contribution in [3.05, 3.63) is 88.5 Å². The maximum atomic E-state index is 6.46. The fourth-order valence-electron chi connectivity index (χ4n) is 4.27. The van der Waals surface area contributed by atoms with E-state index in [0.717, 1.165) is 39.3 Å². The van der Waals surface area contributed by atoms with Crippen LogP contribution < -0.4 is 30.0 Å². The molecule has 6 nitrogen and oxygen atoms in total. The maximum absolute atomic E-state index is 6.46. The Morgan fingerprint density at radius 2 is 1.79 bits per heavy atom. The lowest BCUT2D eigenvalue weighted by atomic mass is 9.90. The minimum absolute atomic E-state index is 0.00157. The van der Waals surface area contributed by atoms with E-state index in [9.17, 15) is 0 Å². The smallest absolute Gasteiger partial charge is 0.231 e. The number of benzene rings is 3. The molecule has 33 heavy (non-hydrogen) atoms. The van der Waals surface area contributed by atoms with Crippen molar-refractivity contribution in [1.29, 1.82) is 0 Å². The van der Waals surface area contributed by atoms with E-state index >= 15 is 0 Å². The topological polar surface area (TPSA) is 75.0 Å². The van der Waals surface area contributed by atoms with Crippen LogP contribution in [0.25, 0.3) is 6.08 Å². The van der Waals surface area contributed by atoms with Gasteiger partial charge in [-0.15, -0.1) is 0 Å². The summed E-state index contributed by atoms with van der Waals surface area (Å²) >= 11 is 0. The number of hydrogen-bond acceptors (Lipinski definition) is 6. The van der Waals surface area contributed by atoms with E-state index in [1.165, 1.54) is 0 Å². The molecule has 2 atom stereocenters. The number of fused-ring (bicyclic) bond motifs is 2. The van der Waals surface area contributed by atoms with Gasteiger partial charge in [-0.1, -0.05) is 42.5 Å². The largest absolute Gasteiger partial charge is 0.493 e. The first kappa shape index (κ1) is 21.4. The van der Waals surface area contributed by atoms with Crippen molar-refractivity contribution in [2.75, 3.05) is 20.4 Å². The van der Waals surface area contributed by atoms with E-state index < -0.39 is 0 Å². The number of nitrogens with two attached hydrogens (primary N) is 1. The minimum atomic E-state index is -0.123. The standard InChI is InChI=1S/C27H28N2O4/c1-17-10-25-26(33-16-32-25)11-19(17)8-9-23-21-13-24(30-2)27(12-20(21)22(28)14-29-23)31-15-18-6-4-3-5-7-18/h3-13,22-23,29H,14-16,28H2,1-2H3/b9-8+. The lowest BCUT2D eigenvalue weighted by molar-refractivity contribution is 0.174. The molecule has 170 valence electrons. The average molecular weight is 445 g/mol. The zero-order chi connectivity index (χ0) is 22.8. The summed E-state index contributed by atoms with van der Waals surface area (Å²) in [5, 5.41) is 3.53. The summed E-state index contributed by atoms with van der Waals surface area (Å²) in [4.78, 5) is 0. The maximum Gasteiger partial charge on any atom is 0.231 e. The predicted molar refractivity (Wildman–Crippen MR) is 128 cm³/mol. The van der Waals surface area contributed by atoms with Crippen LogP contribution in [0.3, 0.4) is 0 Å². The van der Waals surface area contributed by atoms with Crippen LogP contribution in [0.1, 0.15) is 39.9 Å². The first-order chi connectivity index (χ1) is 16.1. The summed E-state index contributed by atoms with van der Waals surface area (Å²) in [5.74, 6) is 2.97. The normalized spacial score (nSPS) is 18.9. The molecule has 3 aromatic carbocycles. The second-order valence-electron chi connectivity index (χ2n) is 8.32. The Balaban J connectivity index is 1.42. The molecular weight excluding hydrogens is 416 g/mol. The van der Waals surface area contributed by atoms with E-state index in [0.29, 0.717) is 24.7 Å². The minimum Gasteiger partial charge on any atom is -0.493 e. The third kappa shape index (κ3) is 4.40. The number of aryl methyl sites for hydroxylation is 1. The molecule has 5 rings (SSSR count). The monoisotopic (exact) mass is 444 g/mol. The first-order valence-corrected chi connectivity index (χ1v) is 11.1. The molecule has 0 radical (unpaired) electrons. The van der Waals surface area contributed by atoms with Gasteiger partial charge in [0.1, 0.15) is 6.61 Å². The van der Waals surface area contributed by atoms with Gasteiger partial charge < -0.3 is 30.0 Å². The summed E-state index contributed by atoms with van der Waals surface area (Å²) in [6.45, 7) is 3.48. The summed E-state index contributed by atoms with van der Waals surface area (Å²) in [5.41, 5.74) is 11.9. The number of methoxy groups -OCH3 is 1. The molecule has 2 heterocycles. The molecule has 2 aliphatic heterocycles. The molecule has 3 aromatic rings. The highest BCUT2D eigenvalue weighted by Crippen LogP contribution is 2.39. The highest BCUT2D eigenvalue weighted by atomic mass is 16.7. The molecule has 0 fully saturated rings. The molecule has 0 saturated heterocycles. The zero-order valence-corrected chi connectivity index (χ0v) is 18.8. The van der Waals surface area contributed by atoms with Crippen LogP contribution in [0, 0.1) is 6.92 Å². The zero-order valence-electron chi connectivity index (χ0n) is 18.8. The van der Waals surface area contributed by atoms with Crippen LogP contribution in [0.2, 0.25) is 0 Å². The SMILES string of the molecule is COc1cc2c(cc1OCc1ccccc1)C(N)CNC2/C=C/c1cc2c(cc1C)OCO2. The summed E-state index contributed by atoms with van der Waals surface area (Å²) < 4.78 is 22.8. The number of rotatable bonds is 6. The third-order valence-electron chi connectivity index (χ3n) is 6.13.